The highest BCUT2D eigenvalue weighted by molar-refractivity contribution is 5.91. The van der Waals surface area contributed by atoms with Crippen LogP contribution in [0.1, 0.15) is 30.5 Å². The summed E-state index contributed by atoms with van der Waals surface area (Å²) in [7, 11) is 2.07. The lowest BCUT2D eigenvalue weighted by molar-refractivity contribution is -0.662. The van der Waals surface area contributed by atoms with E-state index in [0.717, 1.165) is 11.9 Å². The normalized spacial score (nSPS) is 11.4. The predicted molar refractivity (Wildman–Crippen MR) is 96.4 cm³/mol. The van der Waals surface area contributed by atoms with Gasteiger partial charge < -0.3 is 0 Å². The minimum Gasteiger partial charge on any atom is -0.232 e. The van der Waals surface area contributed by atoms with Gasteiger partial charge in [0, 0.05) is 5.56 Å². The van der Waals surface area contributed by atoms with E-state index in [1.165, 1.54) is 33.3 Å². The van der Waals surface area contributed by atoms with Crippen molar-refractivity contribution in [2.75, 3.05) is 0 Å². The van der Waals surface area contributed by atoms with Crippen molar-refractivity contribution in [3.63, 3.8) is 0 Å². The fraction of sp³-hybridized carbons (Fsp3) is 0.333. The van der Waals surface area contributed by atoms with Gasteiger partial charge in [-0.2, -0.15) is 0 Å². The Labute approximate surface area is 138 Å². The number of aryl methyl sites for hydroxylation is 3. The van der Waals surface area contributed by atoms with Crippen LogP contribution in [0.25, 0.3) is 22.2 Å². The lowest BCUT2D eigenvalue weighted by Crippen LogP contribution is -2.31. The predicted octanol–water partition coefficient (Wildman–Crippen LogP) is 4.54. The molecule has 1 heterocycles. The molecule has 118 valence electrons. The molecule has 3 aromatic rings. The average Bonchev–Trinajstić information content (AvgIpc) is 2.49. The van der Waals surface area contributed by atoms with Crippen molar-refractivity contribution < 1.29 is 4.57 Å². The summed E-state index contributed by atoms with van der Waals surface area (Å²) in [5, 5.41) is 1.22. The van der Waals surface area contributed by atoms with Crippen LogP contribution in [0.3, 0.4) is 0 Å². The second-order valence-electron chi connectivity index (χ2n) is 6.97. The van der Waals surface area contributed by atoms with Crippen LogP contribution >= 0.6 is 0 Å². The number of rotatable bonds is 3. The van der Waals surface area contributed by atoms with Gasteiger partial charge >= 0.3 is 0 Å². The first kappa shape index (κ1) is 15.7. The maximum atomic E-state index is 4.65. The van der Waals surface area contributed by atoms with Crippen LogP contribution < -0.4 is 4.57 Å². The van der Waals surface area contributed by atoms with Gasteiger partial charge in [0.05, 0.1) is 12.4 Å². The topological polar surface area (TPSA) is 16.8 Å². The third-order valence-electron chi connectivity index (χ3n) is 4.33. The van der Waals surface area contributed by atoms with E-state index < -0.39 is 0 Å². The molecule has 0 aliphatic carbocycles. The van der Waals surface area contributed by atoms with Gasteiger partial charge in [-0.1, -0.05) is 37.6 Å². The number of aromatic nitrogens is 2. The Bertz CT molecular complexity index is 863. The molecule has 23 heavy (non-hydrogen) atoms. The van der Waals surface area contributed by atoms with Crippen molar-refractivity contribution in [2.24, 2.45) is 13.0 Å². The first-order chi connectivity index (χ1) is 11.0. The molecular weight excluding hydrogens is 280 g/mol. The minimum absolute atomic E-state index is 0.658. The van der Waals surface area contributed by atoms with Crippen molar-refractivity contribution in [3.05, 3.63) is 59.4 Å². The summed E-state index contributed by atoms with van der Waals surface area (Å²) in [5.74, 6) is 0.658. The zero-order valence-electron chi connectivity index (χ0n) is 14.7. The third kappa shape index (κ3) is 3.12. The highest BCUT2D eigenvalue weighted by Crippen LogP contribution is 2.28. The molecule has 3 rings (SSSR count). The molecule has 0 saturated carbocycles. The minimum atomic E-state index is 0.658. The molecule has 0 radical (unpaired) electrons. The summed E-state index contributed by atoms with van der Waals surface area (Å²) >= 11 is 0. The van der Waals surface area contributed by atoms with Crippen molar-refractivity contribution in [3.8, 4) is 11.3 Å². The number of fused-ring (bicyclic) bond motifs is 1. The number of benzene rings is 2. The van der Waals surface area contributed by atoms with Crippen LogP contribution in [0.2, 0.25) is 0 Å². The largest absolute Gasteiger partial charge is 0.287 e. The molecule has 0 N–H and O–H groups in total. The Hall–Kier alpha value is -2.22. The molecule has 0 bridgehead atoms. The van der Waals surface area contributed by atoms with Gasteiger partial charge in [-0.3, -0.25) is 0 Å². The van der Waals surface area contributed by atoms with Crippen LogP contribution in [-0.4, -0.2) is 4.98 Å². The van der Waals surface area contributed by atoms with Gasteiger partial charge in [0.25, 0.3) is 6.33 Å². The van der Waals surface area contributed by atoms with E-state index in [0.29, 0.717) is 5.92 Å². The fourth-order valence-electron chi connectivity index (χ4n) is 3.21. The van der Waals surface area contributed by atoms with Gasteiger partial charge in [-0.05, 0) is 60.5 Å². The Balaban J connectivity index is 2.24. The lowest BCUT2D eigenvalue weighted by Gasteiger charge is -2.11. The second kappa shape index (κ2) is 6.11. The van der Waals surface area contributed by atoms with E-state index in [-0.39, 0.29) is 0 Å². The first-order valence-electron chi connectivity index (χ1n) is 8.30. The number of hydrogen-bond acceptors (Lipinski definition) is 1. The second-order valence-corrected chi connectivity index (χ2v) is 6.97. The van der Waals surface area contributed by atoms with Gasteiger partial charge in [0.15, 0.2) is 5.52 Å². The molecule has 0 aliphatic heterocycles. The average molecular weight is 305 g/mol. The van der Waals surface area contributed by atoms with E-state index in [1.807, 2.05) is 6.33 Å². The van der Waals surface area contributed by atoms with Gasteiger partial charge in [0.1, 0.15) is 5.69 Å². The molecule has 2 aromatic carbocycles. The molecular formula is C21H25N2+. The smallest absolute Gasteiger partial charge is 0.232 e. The maximum absolute atomic E-state index is 4.65. The molecule has 0 aliphatic rings. The van der Waals surface area contributed by atoms with E-state index in [1.54, 1.807) is 0 Å². The van der Waals surface area contributed by atoms with Crippen LogP contribution in [0.15, 0.2) is 42.7 Å². The summed E-state index contributed by atoms with van der Waals surface area (Å²) in [4.78, 5) is 4.65. The first-order valence-corrected chi connectivity index (χ1v) is 8.30. The number of hydrogen-bond donors (Lipinski definition) is 0. The molecule has 0 spiro atoms. The summed E-state index contributed by atoms with van der Waals surface area (Å²) in [6, 6.07) is 13.4. The zero-order valence-corrected chi connectivity index (χ0v) is 14.7. The Morgan fingerprint density at radius 2 is 1.83 bits per heavy atom. The third-order valence-corrected chi connectivity index (χ3v) is 4.33. The Morgan fingerprint density at radius 3 is 2.57 bits per heavy atom. The monoisotopic (exact) mass is 305 g/mol. The lowest BCUT2D eigenvalue weighted by atomic mass is 9.97. The molecule has 0 fully saturated rings. The Kier molecular flexibility index (Phi) is 4.16. The van der Waals surface area contributed by atoms with E-state index >= 15 is 0 Å². The Morgan fingerprint density at radius 1 is 1.04 bits per heavy atom. The van der Waals surface area contributed by atoms with Crippen molar-refractivity contribution in [1.29, 1.82) is 0 Å². The maximum Gasteiger partial charge on any atom is 0.287 e. The van der Waals surface area contributed by atoms with Crippen molar-refractivity contribution in [2.45, 2.75) is 34.1 Å². The summed E-state index contributed by atoms with van der Waals surface area (Å²) < 4.78 is 2.13. The van der Waals surface area contributed by atoms with E-state index in [9.17, 15) is 0 Å². The van der Waals surface area contributed by atoms with E-state index in [4.69, 9.17) is 0 Å². The van der Waals surface area contributed by atoms with E-state index in [2.05, 4.69) is 80.7 Å². The quantitative estimate of drug-likeness (QED) is 0.649. The van der Waals surface area contributed by atoms with Crippen molar-refractivity contribution in [1.82, 2.24) is 4.98 Å². The molecule has 0 unspecified atom stereocenters. The van der Waals surface area contributed by atoms with Gasteiger partial charge in [0.2, 0.25) is 0 Å². The summed E-state index contributed by atoms with van der Waals surface area (Å²) in [5.41, 5.74) is 7.55. The SMILES string of the molecule is Cc1ccc(C)c(-c2c3ccc(CC(C)C)cc3nc[n+]2C)c1. The van der Waals surface area contributed by atoms with Crippen LogP contribution in [0.4, 0.5) is 0 Å². The molecule has 2 heteroatoms. The zero-order chi connectivity index (χ0) is 16.6. The van der Waals surface area contributed by atoms with Crippen LogP contribution in [0, 0.1) is 19.8 Å². The summed E-state index contributed by atoms with van der Waals surface area (Å²) in [6.07, 6.45) is 3.02. The van der Waals surface area contributed by atoms with Crippen LogP contribution in [0.5, 0.6) is 0 Å². The fourth-order valence-corrected chi connectivity index (χ4v) is 3.21. The molecule has 0 atom stereocenters. The van der Waals surface area contributed by atoms with Gasteiger partial charge in [-0.15, -0.1) is 0 Å². The molecule has 1 aromatic heterocycles. The molecule has 0 saturated heterocycles. The molecule has 0 amide bonds. The summed E-state index contributed by atoms with van der Waals surface area (Å²) in [6.45, 7) is 8.83. The number of nitrogens with zero attached hydrogens (tertiary/aromatic N) is 2. The molecule has 2 nitrogen and oxygen atoms in total. The van der Waals surface area contributed by atoms with Crippen LogP contribution in [-0.2, 0) is 13.5 Å². The van der Waals surface area contributed by atoms with Crippen molar-refractivity contribution >= 4 is 10.9 Å². The van der Waals surface area contributed by atoms with Gasteiger partial charge in [-0.25, -0.2) is 4.57 Å². The highest BCUT2D eigenvalue weighted by atomic mass is 15.0. The highest BCUT2D eigenvalue weighted by Gasteiger charge is 2.17. The standard InChI is InChI=1S/C21H25N2/c1-14(2)10-17-8-9-18-20(12-17)22-13-23(5)21(18)19-11-15(3)6-7-16(19)4/h6-9,11-14H,10H2,1-5H3/q+1.